The van der Waals surface area contributed by atoms with Crippen molar-refractivity contribution in [1.82, 2.24) is 0 Å². The van der Waals surface area contributed by atoms with Crippen molar-refractivity contribution in [3.8, 4) is 11.5 Å². The number of ketones is 1. The lowest BCUT2D eigenvalue weighted by atomic mass is 10.1. The molecule has 2 aromatic carbocycles. The summed E-state index contributed by atoms with van der Waals surface area (Å²) in [6.45, 7) is 3.16. The van der Waals surface area contributed by atoms with Crippen molar-refractivity contribution in [3.05, 3.63) is 56.8 Å². The Bertz CT molecular complexity index is 686. The molecule has 0 saturated heterocycles. The van der Waals surface area contributed by atoms with Crippen LogP contribution in [-0.2, 0) is 0 Å². The maximum Gasteiger partial charge on any atom is 0.162 e. The highest BCUT2D eigenvalue weighted by atomic mass is 79.9. The number of carbonyl (C=O) groups excluding carboxylic acids is 1. The van der Waals surface area contributed by atoms with Gasteiger partial charge in [-0.2, -0.15) is 0 Å². The van der Waals surface area contributed by atoms with Crippen molar-refractivity contribution in [2.75, 3.05) is 0 Å². The molecule has 0 radical (unpaired) electrons. The standard InChI is InChI=1S/C15H11BrClFO2/c1-8-5-10(17)3-4-14(8)20-15-7-13(18)11(9(2)19)6-12(15)16/h3-7H,1-2H3. The Hall–Kier alpha value is -1.39. The Balaban J connectivity index is 2.39. The van der Waals surface area contributed by atoms with Gasteiger partial charge in [0.2, 0.25) is 0 Å². The van der Waals surface area contributed by atoms with E-state index in [2.05, 4.69) is 15.9 Å². The highest BCUT2D eigenvalue weighted by molar-refractivity contribution is 9.10. The molecule has 0 unspecified atom stereocenters. The van der Waals surface area contributed by atoms with E-state index in [1.807, 2.05) is 6.92 Å². The maximum absolute atomic E-state index is 13.8. The van der Waals surface area contributed by atoms with Gasteiger partial charge in [-0.15, -0.1) is 0 Å². The summed E-state index contributed by atoms with van der Waals surface area (Å²) in [4.78, 5) is 11.3. The highest BCUT2D eigenvalue weighted by Crippen LogP contribution is 2.34. The van der Waals surface area contributed by atoms with Gasteiger partial charge in [-0.3, -0.25) is 4.79 Å². The lowest BCUT2D eigenvalue weighted by Gasteiger charge is -2.11. The number of aryl methyl sites for hydroxylation is 1. The molecule has 0 bridgehead atoms. The number of hydrogen-bond donors (Lipinski definition) is 0. The number of carbonyl (C=O) groups is 1. The Kier molecular flexibility index (Phi) is 4.45. The van der Waals surface area contributed by atoms with Crippen LogP contribution in [0.4, 0.5) is 4.39 Å². The zero-order chi connectivity index (χ0) is 14.9. The largest absolute Gasteiger partial charge is 0.456 e. The molecule has 2 rings (SSSR count). The fraction of sp³-hybridized carbons (Fsp3) is 0.133. The van der Waals surface area contributed by atoms with Crippen molar-refractivity contribution in [1.29, 1.82) is 0 Å². The average molecular weight is 358 g/mol. The van der Waals surface area contributed by atoms with Crippen LogP contribution in [0, 0.1) is 12.7 Å². The Labute approximate surface area is 129 Å². The first-order valence-corrected chi connectivity index (χ1v) is 6.99. The van der Waals surface area contributed by atoms with Crippen molar-refractivity contribution in [2.24, 2.45) is 0 Å². The molecule has 0 N–H and O–H groups in total. The zero-order valence-electron chi connectivity index (χ0n) is 10.8. The van der Waals surface area contributed by atoms with Crippen molar-refractivity contribution in [3.63, 3.8) is 0 Å². The third-order valence-corrected chi connectivity index (χ3v) is 3.61. The smallest absolute Gasteiger partial charge is 0.162 e. The third kappa shape index (κ3) is 3.19. The normalized spacial score (nSPS) is 10.4. The second-order valence-corrected chi connectivity index (χ2v) is 5.62. The van der Waals surface area contributed by atoms with Crippen LogP contribution in [0.25, 0.3) is 0 Å². The average Bonchev–Trinajstić information content (AvgIpc) is 2.36. The zero-order valence-corrected chi connectivity index (χ0v) is 13.2. The summed E-state index contributed by atoms with van der Waals surface area (Å²) in [6, 6.07) is 7.76. The molecule has 104 valence electrons. The van der Waals surface area contributed by atoms with Gasteiger partial charge in [0, 0.05) is 11.1 Å². The minimum absolute atomic E-state index is 0.0250. The second kappa shape index (κ2) is 5.94. The molecule has 0 aliphatic carbocycles. The van der Waals surface area contributed by atoms with E-state index in [-0.39, 0.29) is 11.3 Å². The van der Waals surface area contributed by atoms with E-state index in [9.17, 15) is 9.18 Å². The van der Waals surface area contributed by atoms with Crippen LogP contribution in [0.5, 0.6) is 11.5 Å². The van der Waals surface area contributed by atoms with Gasteiger partial charge in [-0.1, -0.05) is 11.6 Å². The van der Waals surface area contributed by atoms with E-state index in [0.29, 0.717) is 21.0 Å². The minimum Gasteiger partial charge on any atom is -0.456 e. The predicted molar refractivity (Wildman–Crippen MR) is 80.4 cm³/mol. The second-order valence-electron chi connectivity index (χ2n) is 4.33. The molecule has 0 aliphatic rings. The molecule has 5 heteroatoms. The molecule has 2 aromatic rings. The molecule has 0 aromatic heterocycles. The monoisotopic (exact) mass is 356 g/mol. The minimum atomic E-state index is -0.609. The van der Waals surface area contributed by atoms with E-state index >= 15 is 0 Å². The summed E-state index contributed by atoms with van der Waals surface area (Å²) in [6.07, 6.45) is 0. The highest BCUT2D eigenvalue weighted by Gasteiger charge is 2.14. The Morgan fingerprint density at radius 3 is 2.55 bits per heavy atom. The van der Waals surface area contributed by atoms with Crippen LogP contribution < -0.4 is 4.74 Å². The summed E-state index contributed by atoms with van der Waals surface area (Å²) in [5, 5.41) is 0.604. The first-order valence-electron chi connectivity index (χ1n) is 5.82. The lowest BCUT2D eigenvalue weighted by Crippen LogP contribution is -1.98. The Morgan fingerprint density at radius 2 is 1.95 bits per heavy atom. The summed E-state index contributed by atoms with van der Waals surface area (Å²) in [5.74, 6) is -0.0669. The van der Waals surface area contributed by atoms with Crippen LogP contribution >= 0.6 is 27.5 Å². The van der Waals surface area contributed by atoms with Gasteiger partial charge >= 0.3 is 0 Å². The van der Waals surface area contributed by atoms with Crippen LogP contribution in [0.3, 0.4) is 0 Å². The topological polar surface area (TPSA) is 26.3 Å². The number of hydrogen-bond acceptors (Lipinski definition) is 2. The summed E-state index contributed by atoms with van der Waals surface area (Å²) < 4.78 is 20.0. The van der Waals surface area contributed by atoms with Crippen LogP contribution in [-0.4, -0.2) is 5.78 Å². The van der Waals surface area contributed by atoms with E-state index in [0.717, 1.165) is 5.56 Å². The number of Topliss-reactive ketones (excluding diaryl/α,β-unsaturated/α-hetero) is 1. The maximum atomic E-state index is 13.8. The van der Waals surface area contributed by atoms with E-state index < -0.39 is 5.82 Å². The first-order chi connectivity index (χ1) is 9.38. The lowest BCUT2D eigenvalue weighted by molar-refractivity contribution is 0.101. The fourth-order valence-electron chi connectivity index (χ4n) is 1.72. The van der Waals surface area contributed by atoms with Crippen LogP contribution in [0.15, 0.2) is 34.8 Å². The summed E-state index contributed by atoms with van der Waals surface area (Å²) >= 11 is 9.15. The van der Waals surface area contributed by atoms with Gasteiger partial charge < -0.3 is 4.74 Å². The fourth-order valence-corrected chi connectivity index (χ4v) is 2.37. The molecule has 20 heavy (non-hydrogen) atoms. The summed E-state index contributed by atoms with van der Waals surface area (Å²) in [7, 11) is 0. The van der Waals surface area contributed by atoms with Gasteiger partial charge in [0.1, 0.15) is 17.3 Å². The molecule has 0 saturated carbocycles. The molecule has 0 fully saturated rings. The molecule has 0 atom stereocenters. The van der Waals surface area contributed by atoms with E-state index in [4.69, 9.17) is 16.3 Å². The van der Waals surface area contributed by atoms with Gasteiger partial charge in [-0.05, 0) is 59.6 Å². The SMILES string of the molecule is CC(=O)c1cc(Br)c(Oc2ccc(Cl)cc2C)cc1F. The predicted octanol–water partition coefficient (Wildman–Crippen LogP) is 5.54. The van der Waals surface area contributed by atoms with Gasteiger partial charge in [-0.25, -0.2) is 4.39 Å². The quantitative estimate of drug-likeness (QED) is 0.674. The molecular formula is C15H11BrClFO2. The molecule has 2 nitrogen and oxygen atoms in total. The van der Waals surface area contributed by atoms with Crippen molar-refractivity contribution in [2.45, 2.75) is 13.8 Å². The Morgan fingerprint density at radius 1 is 1.25 bits per heavy atom. The van der Waals surface area contributed by atoms with E-state index in [1.165, 1.54) is 19.1 Å². The first kappa shape index (κ1) is 15.0. The van der Waals surface area contributed by atoms with Crippen LogP contribution in [0.2, 0.25) is 5.02 Å². The van der Waals surface area contributed by atoms with Gasteiger partial charge in [0.05, 0.1) is 10.0 Å². The van der Waals surface area contributed by atoms with Crippen molar-refractivity contribution < 1.29 is 13.9 Å². The van der Waals surface area contributed by atoms with Crippen molar-refractivity contribution >= 4 is 33.3 Å². The third-order valence-electron chi connectivity index (χ3n) is 2.76. The van der Waals surface area contributed by atoms with E-state index in [1.54, 1.807) is 18.2 Å². The molecule has 0 amide bonds. The number of halogens is 3. The van der Waals surface area contributed by atoms with Gasteiger partial charge in [0.25, 0.3) is 0 Å². The van der Waals surface area contributed by atoms with Gasteiger partial charge in [0.15, 0.2) is 5.78 Å². The number of ether oxygens (including phenoxy) is 1. The molecule has 0 aliphatic heterocycles. The molecule has 0 spiro atoms. The summed E-state index contributed by atoms with van der Waals surface area (Å²) in [5.41, 5.74) is 0.859. The molecular weight excluding hydrogens is 347 g/mol. The van der Waals surface area contributed by atoms with Crippen LogP contribution in [0.1, 0.15) is 22.8 Å². The number of benzene rings is 2. The molecule has 0 heterocycles. The number of rotatable bonds is 3.